The molecule has 2 aromatic rings. The second-order valence-electron chi connectivity index (χ2n) is 4.59. The predicted octanol–water partition coefficient (Wildman–Crippen LogP) is 2.03. The molecule has 2 rings (SSSR count). The van der Waals surface area contributed by atoms with Crippen molar-refractivity contribution in [3.63, 3.8) is 0 Å². The summed E-state index contributed by atoms with van der Waals surface area (Å²) < 4.78 is 7.09. The Labute approximate surface area is 128 Å². The van der Waals surface area contributed by atoms with E-state index < -0.39 is 6.04 Å². The van der Waals surface area contributed by atoms with Gasteiger partial charge in [0.1, 0.15) is 31.1 Å². The van der Waals surface area contributed by atoms with Crippen LogP contribution in [-0.4, -0.2) is 45.8 Å². The van der Waals surface area contributed by atoms with Crippen LogP contribution in [0.3, 0.4) is 0 Å². The number of ether oxygens (including phenoxy) is 1. The van der Waals surface area contributed by atoms with Gasteiger partial charge >= 0.3 is 0 Å². The maximum Gasteiger partial charge on any atom is 0.247 e. The fraction of sp³-hybridized carbons (Fsp3) is 0.357. The molecule has 0 bridgehead atoms. The van der Waals surface area contributed by atoms with Crippen LogP contribution in [0.25, 0.3) is 0 Å². The summed E-state index contributed by atoms with van der Waals surface area (Å²) in [4.78, 5) is 17.6. The molecule has 0 unspecified atom stereocenters. The zero-order valence-corrected chi connectivity index (χ0v) is 12.7. The minimum absolute atomic E-state index is 0.0525. The van der Waals surface area contributed by atoms with Crippen molar-refractivity contribution in [2.45, 2.75) is 13.0 Å². The van der Waals surface area contributed by atoms with Gasteiger partial charge in [-0.3, -0.25) is 4.79 Å². The first-order valence-corrected chi connectivity index (χ1v) is 6.94. The average molecular weight is 309 g/mol. The van der Waals surface area contributed by atoms with Crippen molar-refractivity contribution in [2.24, 2.45) is 0 Å². The Morgan fingerprint density at radius 1 is 1.48 bits per heavy atom. The van der Waals surface area contributed by atoms with E-state index in [2.05, 4.69) is 10.1 Å². The Kier molecular flexibility index (Phi) is 5.16. The molecule has 6 nitrogen and oxygen atoms in total. The van der Waals surface area contributed by atoms with Gasteiger partial charge in [-0.25, -0.2) is 9.67 Å². The molecule has 0 saturated carbocycles. The van der Waals surface area contributed by atoms with Gasteiger partial charge in [-0.1, -0.05) is 23.7 Å². The van der Waals surface area contributed by atoms with Gasteiger partial charge in [0.15, 0.2) is 0 Å². The molecule has 0 spiro atoms. The quantitative estimate of drug-likeness (QED) is 0.819. The second kappa shape index (κ2) is 7.08. The van der Waals surface area contributed by atoms with Gasteiger partial charge in [-0.05, 0) is 19.1 Å². The fourth-order valence-corrected chi connectivity index (χ4v) is 2.00. The van der Waals surface area contributed by atoms with Crippen LogP contribution in [0.1, 0.15) is 13.0 Å². The van der Waals surface area contributed by atoms with E-state index in [-0.39, 0.29) is 5.91 Å². The Morgan fingerprint density at radius 2 is 2.24 bits per heavy atom. The molecule has 1 aromatic heterocycles. The lowest BCUT2D eigenvalue weighted by atomic mass is 10.3. The van der Waals surface area contributed by atoms with Gasteiger partial charge in [0.25, 0.3) is 0 Å². The van der Waals surface area contributed by atoms with Crippen molar-refractivity contribution in [2.75, 3.05) is 20.2 Å². The number of hydrogen-bond acceptors (Lipinski definition) is 4. The maximum atomic E-state index is 12.2. The Morgan fingerprint density at radius 3 is 2.90 bits per heavy atom. The molecule has 0 aliphatic heterocycles. The monoisotopic (exact) mass is 308 g/mol. The van der Waals surface area contributed by atoms with Crippen LogP contribution in [0, 0.1) is 0 Å². The van der Waals surface area contributed by atoms with Crippen molar-refractivity contribution < 1.29 is 9.53 Å². The molecule has 0 N–H and O–H groups in total. The summed E-state index contributed by atoms with van der Waals surface area (Å²) in [5, 5.41) is 4.53. The van der Waals surface area contributed by atoms with Gasteiger partial charge in [0, 0.05) is 7.05 Å². The molecule has 0 fully saturated rings. The number of likely N-dealkylation sites (N-methyl/N-ethyl adjacent to an activating group) is 1. The lowest BCUT2D eigenvalue weighted by Crippen LogP contribution is -2.36. The smallest absolute Gasteiger partial charge is 0.247 e. The van der Waals surface area contributed by atoms with Crippen molar-refractivity contribution in [1.29, 1.82) is 0 Å². The number of benzene rings is 1. The standard InChI is InChI=1S/C14H17ClN4O2/c1-11(19-10-16-9-17-19)14(20)18(2)7-8-21-13-6-4-3-5-12(13)15/h3-6,9-11H,7-8H2,1-2H3/t11-/m1/s1. The lowest BCUT2D eigenvalue weighted by molar-refractivity contribution is -0.133. The van der Waals surface area contributed by atoms with Crippen molar-refractivity contribution in [1.82, 2.24) is 19.7 Å². The topological polar surface area (TPSA) is 60.2 Å². The number of carbonyl (C=O) groups excluding carboxylic acids is 1. The molecule has 7 heteroatoms. The molecule has 1 heterocycles. The van der Waals surface area contributed by atoms with E-state index in [1.807, 2.05) is 12.1 Å². The van der Waals surface area contributed by atoms with Gasteiger partial charge in [0.05, 0.1) is 11.6 Å². The van der Waals surface area contributed by atoms with E-state index in [1.165, 1.54) is 17.3 Å². The number of amides is 1. The van der Waals surface area contributed by atoms with E-state index in [1.54, 1.807) is 31.0 Å². The van der Waals surface area contributed by atoms with Gasteiger partial charge in [0.2, 0.25) is 5.91 Å². The van der Waals surface area contributed by atoms with Crippen molar-refractivity contribution in [3.8, 4) is 5.75 Å². The minimum atomic E-state index is -0.391. The minimum Gasteiger partial charge on any atom is -0.490 e. The normalized spacial score (nSPS) is 12.0. The highest BCUT2D eigenvalue weighted by Gasteiger charge is 2.19. The highest BCUT2D eigenvalue weighted by atomic mass is 35.5. The number of rotatable bonds is 6. The zero-order valence-electron chi connectivity index (χ0n) is 11.9. The number of para-hydroxylation sites is 1. The lowest BCUT2D eigenvalue weighted by Gasteiger charge is -2.21. The molecule has 112 valence electrons. The maximum absolute atomic E-state index is 12.2. The molecule has 1 amide bonds. The van der Waals surface area contributed by atoms with Crippen LogP contribution in [0.2, 0.25) is 5.02 Å². The van der Waals surface area contributed by atoms with Crippen LogP contribution >= 0.6 is 11.6 Å². The fourth-order valence-electron chi connectivity index (χ4n) is 1.81. The largest absolute Gasteiger partial charge is 0.490 e. The third-order valence-electron chi connectivity index (χ3n) is 3.09. The molecule has 0 radical (unpaired) electrons. The predicted molar refractivity (Wildman–Crippen MR) is 79.3 cm³/mol. The first-order chi connectivity index (χ1) is 10.1. The molecule has 1 aromatic carbocycles. The second-order valence-corrected chi connectivity index (χ2v) is 5.00. The van der Waals surface area contributed by atoms with E-state index in [9.17, 15) is 4.79 Å². The van der Waals surface area contributed by atoms with Crippen LogP contribution < -0.4 is 4.74 Å². The summed E-state index contributed by atoms with van der Waals surface area (Å²) in [5.74, 6) is 0.563. The number of halogens is 1. The number of aromatic nitrogens is 3. The number of nitrogens with zero attached hydrogens (tertiary/aromatic N) is 4. The van der Waals surface area contributed by atoms with E-state index >= 15 is 0 Å². The molecular weight excluding hydrogens is 292 g/mol. The molecule has 0 aliphatic rings. The Balaban J connectivity index is 1.83. The highest BCUT2D eigenvalue weighted by Crippen LogP contribution is 2.22. The molecule has 1 atom stereocenters. The zero-order chi connectivity index (χ0) is 15.2. The van der Waals surface area contributed by atoms with Gasteiger partial charge < -0.3 is 9.64 Å². The van der Waals surface area contributed by atoms with Gasteiger partial charge in [-0.15, -0.1) is 0 Å². The van der Waals surface area contributed by atoms with Crippen LogP contribution in [-0.2, 0) is 4.79 Å². The van der Waals surface area contributed by atoms with E-state index in [4.69, 9.17) is 16.3 Å². The number of carbonyl (C=O) groups is 1. The summed E-state index contributed by atoms with van der Waals surface area (Å²) in [6.45, 7) is 2.61. The molecule has 0 aliphatic carbocycles. The summed E-state index contributed by atoms with van der Waals surface area (Å²) >= 11 is 6.00. The number of hydrogen-bond donors (Lipinski definition) is 0. The van der Waals surface area contributed by atoms with Crippen LogP contribution in [0.15, 0.2) is 36.9 Å². The summed E-state index contributed by atoms with van der Waals surface area (Å²) in [7, 11) is 1.73. The molecular formula is C14H17ClN4O2. The highest BCUT2D eigenvalue weighted by molar-refractivity contribution is 6.32. The van der Waals surface area contributed by atoms with Crippen LogP contribution in [0.4, 0.5) is 0 Å². The first-order valence-electron chi connectivity index (χ1n) is 6.56. The summed E-state index contributed by atoms with van der Waals surface area (Å²) in [6, 6.07) is 6.85. The van der Waals surface area contributed by atoms with Crippen molar-refractivity contribution in [3.05, 3.63) is 41.9 Å². The summed E-state index contributed by atoms with van der Waals surface area (Å²) in [5.41, 5.74) is 0. The van der Waals surface area contributed by atoms with Crippen LogP contribution in [0.5, 0.6) is 5.75 Å². The Bertz CT molecular complexity index is 588. The Hall–Kier alpha value is -2.08. The first kappa shape index (κ1) is 15.3. The average Bonchev–Trinajstić information content (AvgIpc) is 3.01. The molecule has 0 saturated heterocycles. The van der Waals surface area contributed by atoms with Gasteiger partial charge in [-0.2, -0.15) is 5.10 Å². The SMILES string of the molecule is C[C@H](C(=O)N(C)CCOc1ccccc1Cl)n1cncn1. The summed E-state index contributed by atoms with van der Waals surface area (Å²) in [6.07, 6.45) is 2.93. The van der Waals surface area contributed by atoms with E-state index in [0.29, 0.717) is 23.9 Å². The van der Waals surface area contributed by atoms with E-state index in [0.717, 1.165) is 0 Å². The third kappa shape index (κ3) is 3.95. The van der Waals surface area contributed by atoms with Crippen molar-refractivity contribution >= 4 is 17.5 Å². The molecule has 21 heavy (non-hydrogen) atoms. The third-order valence-corrected chi connectivity index (χ3v) is 3.40.